The Labute approximate surface area is 245 Å². The van der Waals surface area contributed by atoms with Crippen LogP contribution in [0.4, 0.5) is 0 Å². The Balaban J connectivity index is 4.01. The third-order valence-corrected chi connectivity index (χ3v) is 8.05. The summed E-state index contributed by atoms with van der Waals surface area (Å²) in [6.45, 7) is 6.92. The van der Waals surface area contributed by atoms with Crippen LogP contribution in [0.5, 0.6) is 0 Å². The number of aliphatic hydroxyl groups is 1. The predicted molar refractivity (Wildman–Crippen MR) is 170 cm³/mol. The zero-order chi connectivity index (χ0) is 28.5. The van der Waals surface area contributed by atoms with Gasteiger partial charge >= 0.3 is 5.97 Å². The molecule has 0 radical (unpaired) electrons. The van der Waals surface area contributed by atoms with Crippen LogP contribution in [0, 0.1) is 0 Å². The minimum Gasteiger partial charge on any atom is -0.462 e. The number of rotatable bonds is 33. The predicted octanol–water partition coefficient (Wildman–Crippen LogP) is 10.4. The summed E-state index contributed by atoms with van der Waals surface area (Å²) in [6.07, 6.45) is 34.7. The minimum atomic E-state index is 0.0393. The van der Waals surface area contributed by atoms with Gasteiger partial charge in [-0.15, -0.1) is 0 Å². The molecule has 4 nitrogen and oxygen atoms in total. The fraction of sp³-hybridized carbons (Fsp3) is 0.971. The Morgan fingerprint density at radius 3 is 1.38 bits per heavy atom. The maximum Gasteiger partial charge on any atom is 0.306 e. The normalized spacial score (nSPS) is 11.5. The highest BCUT2D eigenvalue weighted by molar-refractivity contribution is 5.69. The number of unbranched alkanes of at least 4 members (excludes halogenated alkanes) is 21. The standard InChI is InChI=1S/C35H71NO3/c1-3-5-7-9-11-13-15-18-22-28-34(29-23-19-16-14-12-10-8-6-4-2)39-35(38)30-24-20-17-21-25-31-36-32-26-27-33-37/h34,36-37H,3-33H2,1-2H3. The number of carbonyl (C=O) groups excluding carboxylic acids is 1. The molecule has 0 aromatic heterocycles. The van der Waals surface area contributed by atoms with Gasteiger partial charge in [-0.05, 0) is 64.5 Å². The van der Waals surface area contributed by atoms with Gasteiger partial charge in [0.05, 0.1) is 0 Å². The smallest absolute Gasteiger partial charge is 0.306 e. The second-order valence-corrected chi connectivity index (χ2v) is 12.0. The fourth-order valence-corrected chi connectivity index (χ4v) is 5.41. The third kappa shape index (κ3) is 31.8. The highest BCUT2D eigenvalue weighted by Gasteiger charge is 2.14. The Morgan fingerprint density at radius 2 is 0.923 bits per heavy atom. The Hall–Kier alpha value is -0.610. The van der Waals surface area contributed by atoms with E-state index in [-0.39, 0.29) is 12.1 Å². The summed E-state index contributed by atoms with van der Waals surface area (Å²) >= 11 is 0. The molecule has 0 spiro atoms. The molecule has 0 aliphatic carbocycles. The molecular weight excluding hydrogens is 482 g/mol. The molecule has 0 aromatic rings. The Bertz CT molecular complexity index is 449. The molecular formula is C35H71NO3. The fourth-order valence-electron chi connectivity index (χ4n) is 5.41. The van der Waals surface area contributed by atoms with Crippen molar-refractivity contribution in [1.82, 2.24) is 5.32 Å². The van der Waals surface area contributed by atoms with Crippen molar-refractivity contribution in [3.63, 3.8) is 0 Å². The highest BCUT2D eigenvalue weighted by atomic mass is 16.5. The van der Waals surface area contributed by atoms with E-state index in [0.29, 0.717) is 13.0 Å². The van der Waals surface area contributed by atoms with Gasteiger partial charge in [0, 0.05) is 13.0 Å². The molecule has 39 heavy (non-hydrogen) atoms. The molecule has 0 saturated heterocycles. The molecule has 0 bridgehead atoms. The van der Waals surface area contributed by atoms with Crippen LogP contribution >= 0.6 is 0 Å². The first kappa shape index (κ1) is 38.4. The lowest BCUT2D eigenvalue weighted by Gasteiger charge is -2.18. The van der Waals surface area contributed by atoms with Crippen molar-refractivity contribution < 1.29 is 14.6 Å². The first-order valence-electron chi connectivity index (χ1n) is 17.8. The summed E-state index contributed by atoms with van der Waals surface area (Å²) in [7, 11) is 0. The Kier molecular flexibility index (Phi) is 33.1. The van der Waals surface area contributed by atoms with Gasteiger partial charge in [0.15, 0.2) is 0 Å². The lowest BCUT2D eigenvalue weighted by molar-refractivity contribution is -0.150. The number of esters is 1. The zero-order valence-electron chi connectivity index (χ0n) is 26.8. The molecule has 4 heteroatoms. The molecule has 0 atom stereocenters. The molecule has 0 unspecified atom stereocenters. The highest BCUT2D eigenvalue weighted by Crippen LogP contribution is 2.19. The van der Waals surface area contributed by atoms with Gasteiger partial charge < -0.3 is 15.2 Å². The molecule has 0 heterocycles. The van der Waals surface area contributed by atoms with Crippen LogP contribution in [0.1, 0.15) is 194 Å². The van der Waals surface area contributed by atoms with Gasteiger partial charge in [-0.3, -0.25) is 4.79 Å². The van der Waals surface area contributed by atoms with Gasteiger partial charge in [0.25, 0.3) is 0 Å². The first-order valence-corrected chi connectivity index (χ1v) is 17.8. The monoisotopic (exact) mass is 554 g/mol. The van der Waals surface area contributed by atoms with Crippen molar-refractivity contribution >= 4 is 5.97 Å². The second-order valence-electron chi connectivity index (χ2n) is 12.0. The van der Waals surface area contributed by atoms with E-state index in [9.17, 15) is 4.79 Å². The zero-order valence-corrected chi connectivity index (χ0v) is 26.8. The van der Waals surface area contributed by atoms with Gasteiger partial charge in [-0.1, -0.05) is 136 Å². The number of ether oxygens (including phenoxy) is 1. The van der Waals surface area contributed by atoms with Crippen LogP contribution in [0.3, 0.4) is 0 Å². The SMILES string of the molecule is CCCCCCCCCCCC(CCCCCCCCCCC)OC(=O)CCCCCCCNCCCCO. The van der Waals surface area contributed by atoms with Crippen LogP contribution in [-0.4, -0.2) is 36.9 Å². The van der Waals surface area contributed by atoms with E-state index in [1.54, 1.807) is 0 Å². The number of carbonyl (C=O) groups is 1. The van der Waals surface area contributed by atoms with E-state index in [4.69, 9.17) is 9.84 Å². The molecule has 0 aliphatic heterocycles. The summed E-state index contributed by atoms with van der Waals surface area (Å²) in [6, 6.07) is 0. The van der Waals surface area contributed by atoms with E-state index in [1.165, 1.54) is 135 Å². The van der Waals surface area contributed by atoms with Crippen LogP contribution in [0.2, 0.25) is 0 Å². The summed E-state index contributed by atoms with van der Waals surface area (Å²) in [5, 5.41) is 12.2. The quantitative estimate of drug-likeness (QED) is 0.0627. The minimum absolute atomic E-state index is 0.0393. The second kappa shape index (κ2) is 33.6. The van der Waals surface area contributed by atoms with Crippen LogP contribution in [-0.2, 0) is 9.53 Å². The van der Waals surface area contributed by atoms with E-state index >= 15 is 0 Å². The van der Waals surface area contributed by atoms with Crippen molar-refractivity contribution in [2.45, 2.75) is 200 Å². The van der Waals surface area contributed by atoms with E-state index in [1.807, 2.05) is 0 Å². The van der Waals surface area contributed by atoms with E-state index < -0.39 is 0 Å². The average Bonchev–Trinajstić information content (AvgIpc) is 2.94. The van der Waals surface area contributed by atoms with Gasteiger partial charge in [0.1, 0.15) is 6.10 Å². The van der Waals surface area contributed by atoms with Gasteiger partial charge in [-0.2, -0.15) is 0 Å². The van der Waals surface area contributed by atoms with E-state index in [2.05, 4.69) is 19.2 Å². The van der Waals surface area contributed by atoms with Crippen molar-refractivity contribution in [2.75, 3.05) is 19.7 Å². The largest absolute Gasteiger partial charge is 0.462 e. The summed E-state index contributed by atoms with van der Waals surface area (Å²) < 4.78 is 6.02. The maximum absolute atomic E-state index is 12.6. The topological polar surface area (TPSA) is 58.6 Å². The third-order valence-electron chi connectivity index (χ3n) is 8.05. The summed E-state index contributed by atoms with van der Waals surface area (Å²) in [5.41, 5.74) is 0. The van der Waals surface area contributed by atoms with Gasteiger partial charge in [0.2, 0.25) is 0 Å². The van der Waals surface area contributed by atoms with Crippen molar-refractivity contribution in [1.29, 1.82) is 0 Å². The van der Waals surface area contributed by atoms with Crippen LogP contribution in [0.25, 0.3) is 0 Å². The summed E-state index contributed by atoms with van der Waals surface area (Å²) in [4.78, 5) is 12.6. The van der Waals surface area contributed by atoms with E-state index in [0.717, 1.165) is 51.6 Å². The molecule has 0 fully saturated rings. The summed E-state index contributed by atoms with van der Waals surface area (Å²) in [5.74, 6) is 0.0393. The average molecular weight is 554 g/mol. The lowest BCUT2D eigenvalue weighted by Crippen LogP contribution is -2.18. The molecule has 0 rings (SSSR count). The van der Waals surface area contributed by atoms with Crippen LogP contribution < -0.4 is 5.32 Å². The molecule has 0 saturated carbocycles. The van der Waals surface area contributed by atoms with Crippen molar-refractivity contribution in [3.8, 4) is 0 Å². The van der Waals surface area contributed by atoms with Gasteiger partial charge in [-0.25, -0.2) is 0 Å². The molecule has 2 N–H and O–H groups in total. The van der Waals surface area contributed by atoms with Crippen molar-refractivity contribution in [2.24, 2.45) is 0 Å². The molecule has 0 aliphatic rings. The lowest BCUT2D eigenvalue weighted by atomic mass is 10.0. The molecule has 0 amide bonds. The molecule has 234 valence electrons. The Morgan fingerprint density at radius 1 is 0.538 bits per heavy atom. The number of nitrogens with one attached hydrogen (secondary N) is 1. The van der Waals surface area contributed by atoms with Crippen molar-refractivity contribution in [3.05, 3.63) is 0 Å². The van der Waals surface area contributed by atoms with Crippen LogP contribution in [0.15, 0.2) is 0 Å². The maximum atomic E-state index is 12.6. The number of hydrogen-bond acceptors (Lipinski definition) is 4. The molecule has 0 aromatic carbocycles. The first-order chi connectivity index (χ1) is 19.2. The number of hydrogen-bond donors (Lipinski definition) is 2. The number of aliphatic hydroxyl groups excluding tert-OH is 1.